The molecule has 0 aromatic heterocycles. The normalized spacial score (nSPS) is 33.0. The van der Waals surface area contributed by atoms with Gasteiger partial charge in [-0.05, 0) is 31.5 Å². The van der Waals surface area contributed by atoms with Gasteiger partial charge in [0.1, 0.15) is 11.3 Å². The van der Waals surface area contributed by atoms with E-state index >= 15 is 0 Å². The number of hydrogen-bond donors (Lipinski definition) is 1. The van der Waals surface area contributed by atoms with Crippen LogP contribution in [0.5, 0.6) is 0 Å². The highest BCUT2D eigenvalue weighted by molar-refractivity contribution is 6.00. The number of hydrogen-bond acceptors (Lipinski definition) is 7. The summed E-state index contributed by atoms with van der Waals surface area (Å²) in [7, 11) is 2.90. The van der Waals surface area contributed by atoms with Gasteiger partial charge in [-0.1, -0.05) is 30.3 Å². The third kappa shape index (κ3) is 1.77. The van der Waals surface area contributed by atoms with Crippen LogP contribution in [0.1, 0.15) is 18.4 Å². The monoisotopic (exact) mass is 365 g/mol. The van der Waals surface area contributed by atoms with Crippen molar-refractivity contribution in [2.24, 2.45) is 27.0 Å². The number of likely N-dealkylation sites (tertiary alicyclic amines) is 1. The van der Waals surface area contributed by atoms with E-state index in [1.807, 2.05) is 18.2 Å². The van der Waals surface area contributed by atoms with Crippen molar-refractivity contribution in [1.29, 1.82) is 10.5 Å². The molecule has 1 saturated carbocycles. The molecule has 0 amide bonds. The van der Waals surface area contributed by atoms with Gasteiger partial charge in [0.2, 0.25) is 0 Å². The minimum atomic E-state index is -1.52. The fraction of sp³-hybridized carbons (Fsp3) is 0.550. The third-order valence-electron chi connectivity index (χ3n) is 6.91. The summed E-state index contributed by atoms with van der Waals surface area (Å²) in [4.78, 5) is 6.65. The van der Waals surface area contributed by atoms with Crippen molar-refractivity contribution in [3.05, 3.63) is 35.9 Å². The topological polar surface area (TPSA) is 108 Å². The highest BCUT2D eigenvalue weighted by Gasteiger charge is 3.00. The van der Waals surface area contributed by atoms with Crippen LogP contribution in [-0.4, -0.2) is 44.0 Å². The van der Waals surface area contributed by atoms with Gasteiger partial charge >= 0.3 is 0 Å². The van der Waals surface area contributed by atoms with Crippen LogP contribution in [0.3, 0.4) is 0 Å². The van der Waals surface area contributed by atoms with Gasteiger partial charge in [0.25, 0.3) is 5.91 Å². The Balaban J connectivity index is 1.65. The standard InChI is InChI=1S/C20H23N5O2/c1-26-20(27-2)19(14-22)17(18(19,13-21)16(23)24-20)8-10-25(11-9-17)12-15-6-4-3-5-7-15/h3-7H,8-12H2,1-2H3,(H2,23,24)/t18-,19+/m0/s1. The van der Waals surface area contributed by atoms with E-state index < -0.39 is 22.2 Å². The summed E-state index contributed by atoms with van der Waals surface area (Å²) in [6.45, 7) is 2.40. The van der Waals surface area contributed by atoms with Crippen molar-refractivity contribution in [3.63, 3.8) is 0 Å². The summed E-state index contributed by atoms with van der Waals surface area (Å²) in [5, 5.41) is 20.3. The van der Waals surface area contributed by atoms with Crippen molar-refractivity contribution in [2.45, 2.75) is 25.3 Å². The van der Waals surface area contributed by atoms with E-state index in [1.54, 1.807) is 0 Å². The Labute approximate surface area is 159 Å². The number of rotatable bonds is 4. The summed E-state index contributed by atoms with van der Waals surface area (Å²) in [6.07, 6.45) is 1.34. The van der Waals surface area contributed by atoms with E-state index in [-0.39, 0.29) is 5.84 Å². The molecule has 4 rings (SSSR count). The highest BCUT2D eigenvalue weighted by atomic mass is 16.7. The molecule has 1 aromatic carbocycles. The Kier molecular flexibility index (Phi) is 3.83. The number of amidine groups is 1. The molecular weight excluding hydrogens is 342 g/mol. The molecule has 2 N–H and O–H groups in total. The fourth-order valence-corrected chi connectivity index (χ4v) is 5.67. The van der Waals surface area contributed by atoms with Crippen molar-refractivity contribution in [2.75, 3.05) is 27.3 Å². The van der Waals surface area contributed by atoms with E-state index in [4.69, 9.17) is 15.2 Å². The number of fused-ring (bicyclic) bond motifs is 3. The molecule has 1 aliphatic carbocycles. The first-order valence-electron chi connectivity index (χ1n) is 9.08. The van der Waals surface area contributed by atoms with Crippen LogP contribution in [0.25, 0.3) is 0 Å². The van der Waals surface area contributed by atoms with Crippen LogP contribution in [0.15, 0.2) is 35.3 Å². The molecule has 2 fully saturated rings. The van der Waals surface area contributed by atoms with Crippen LogP contribution in [0.2, 0.25) is 0 Å². The molecule has 1 saturated heterocycles. The van der Waals surface area contributed by atoms with Gasteiger partial charge in [0, 0.05) is 26.2 Å². The van der Waals surface area contributed by atoms with Gasteiger partial charge in [0.15, 0.2) is 5.41 Å². The first-order valence-corrected chi connectivity index (χ1v) is 9.08. The van der Waals surface area contributed by atoms with Crippen LogP contribution < -0.4 is 5.73 Å². The summed E-state index contributed by atoms with van der Waals surface area (Å²) in [5.74, 6) is -1.37. The molecule has 1 aromatic rings. The van der Waals surface area contributed by atoms with Crippen molar-refractivity contribution >= 4 is 5.84 Å². The number of nitrogens with two attached hydrogens (primary N) is 1. The number of aliphatic imine (C=N–C) groups is 1. The lowest BCUT2D eigenvalue weighted by Gasteiger charge is -2.38. The number of piperidine rings is 1. The maximum atomic E-state index is 10.2. The second kappa shape index (κ2) is 5.77. The number of nitrogens with zero attached hydrogens (tertiary/aromatic N) is 4. The molecule has 27 heavy (non-hydrogen) atoms. The van der Waals surface area contributed by atoms with Crippen LogP contribution in [0.4, 0.5) is 0 Å². The molecule has 7 nitrogen and oxygen atoms in total. The second-order valence-corrected chi connectivity index (χ2v) is 7.55. The molecular formula is C20H23N5O2. The zero-order valence-electron chi connectivity index (χ0n) is 15.6. The summed E-state index contributed by atoms with van der Waals surface area (Å²) in [5.41, 5.74) is 4.50. The highest BCUT2D eigenvalue weighted by Crippen LogP contribution is 2.88. The van der Waals surface area contributed by atoms with Crippen LogP contribution in [-0.2, 0) is 16.0 Å². The molecule has 2 heterocycles. The lowest BCUT2D eigenvalue weighted by atomic mass is 9.80. The van der Waals surface area contributed by atoms with Gasteiger partial charge in [-0.25, -0.2) is 4.99 Å². The number of ether oxygens (including phenoxy) is 2. The van der Waals surface area contributed by atoms with Gasteiger partial charge in [-0.15, -0.1) is 0 Å². The average Bonchev–Trinajstić information content (AvgIpc) is 3.13. The lowest BCUT2D eigenvalue weighted by molar-refractivity contribution is -0.238. The minimum absolute atomic E-state index is 0.159. The maximum absolute atomic E-state index is 10.2. The predicted molar refractivity (Wildman–Crippen MR) is 97.8 cm³/mol. The van der Waals surface area contributed by atoms with E-state index in [2.05, 4.69) is 34.2 Å². The lowest BCUT2D eigenvalue weighted by Crippen LogP contribution is -2.47. The third-order valence-corrected chi connectivity index (χ3v) is 6.91. The predicted octanol–water partition coefficient (Wildman–Crippen LogP) is 1.62. The Morgan fingerprint density at radius 2 is 1.74 bits per heavy atom. The SMILES string of the molecule is COC1(OC)N=C(N)[C@@]2(C#N)C3(CCN(Cc4ccccc4)CC3)[C@@]12C#N. The molecule has 140 valence electrons. The molecule has 2 aliphatic heterocycles. The molecule has 7 heteroatoms. The maximum Gasteiger partial charge on any atom is 0.292 e. The van der Waals surface area contributed by atoms with Crippen molar-refractivity contribution in [1.82, 2.24) is 4.90 Å². The average molecular weight is 365 g/mol. The minimum Gasteiger partial charge on any atom is -0.386 e. The fourth-order valence-electron chi connectivity index (χ4n) is 5.67. The summed E-state index contributed by atoms with van der Waals surface area (Å²) >= 11 is 0. The van der Waals surface area contributed by atoms with E-state index in [0.717, 1.165) is 19.6 Å². The molecule has 0 radical (unpaired) electrons. The largest absolute Gasteiger partial charge is 0.386 e. The molecule has 1 spiro atoms. The van der Waals surface area contributed by atoms with E-state index in [0.29, 0.717) is 12.8 Å². The zero-order valence-corrected chi connectivity index (χ0v) is 15.6. The van der Waals surface area contributed by atoms with Crippen molar-refractivity contribution < 1.29 is 9.47 Å². The summed E-state index contributed by atoms with van der Waals surface area (Å²) in [6, 6.07) is 15.0. The quantitative estimate of drug-likeness (QED) is 0.813. The Hall–Kier alpha value is -2.45. The van der Waals surface area contributed by atoms with Gasteiger partial charge in [0.05, 0.1) is 12.1 Å². The summed E-state index contributed by atoms with van der Waals surface area (Å²) < 4.78 is 11.1. The van der Waals surface area contributed by atoms with Crippen LogP contribution >= 0.6 is 0 Å². The van der Waals surface area contributed by atoms with Crippen molar-refractivity contribution in [3.8, 4) is 12.1 Å². The zero-order chi connectivity index (χ0) is 19.3. The molecule has 2 atom stereocenters. The first kappa shape index (κ1) is 17.9. The Morgan fingerprint density at radius 1 is 1.11 bits per heavy atom. The molecule has 0 unspecified atom stereocenters. The van der Waals surface area contributed by atoms with Crippen LogP contribution in [0, 0.1) is 38.9 Å². The number of nitriles is 2. The molecule has 0 bridgehead atoms. The smallest absolute Gasteiger partial charge is 0.292 e. The number of benzene rings is 1. The second-order valence-electron chi connectivity index (χ2n) is 7.55. The van der Waals surface area contributed by atoms with E-state index in [9.17, 15) is 10.5 Å². The Morgan fingerprint density at radius 3 is 2.26 bits per heavy atom. The number of methoxy groups -OCH3 is 2. The van der Waals surface area contributed by atoms with Gasteiger partial charge in [-0.3, -0.25) is 4.90 Å². The van der Waals surface area contributed by atoms with Gasteiger partial charge < -0.3 is 15.2 Å². The Bertz CT molecular complexity index is 859. The van der Waals surface area contributed by atoms with E-state index in [1.165, 1.54) is 19.8 Å². The van der Waals surface area contributed by atoms with Gasteiger partial charge in [-0.2, -0.15) is 10.5 Å². The molecule has 3 aliphatic rings. The first-order chi connectivity index (χ1) is 13.0.